The van der Waals surface area contributed by atoms with Crippen LogP contribution in [0.4, 0.5) is 0 Å². The Kier molecular flexibility index (Phi) is 7.11. The molecule has 0 fully saturated rings. The second-order valence-corrected chi connectivity index (χ2v) is 9.20. The van der Waals surface area contributed by atoms with Crippen molar-refractivity contribution >= 4 is 22.7 Å². The van der Waals surface area contributed by atoms with Crippen LogP contribution in [0.3, 0.4) is 0 Å². The summed E-state index contributed by atoms with van der Waals surface area (Å²) < 4.78 is 6.53. The van der Waals surface area contributed by atoms with E-state index in [-0.39, 0.29) is 17.2 Å². The predicted octanol–water partition coefficient (Wildman–Crippen LogP) is 6.79. The van der Waals surface area contributed by atoms with E-state index in [9.17, 15) is 0 Å². The summed E-state index contributed by atoms with van der Waals surface area (Å²) in [5.41, 5.74) is 8.36. The molecule has 6 aromatic rings. The van der Waals surface area contributed by atoms with Crippen LogP contribution in [-0.2, 0) is 0 Å². The zero-order valence-corrected chi connectivity index (χ0v) is 22.3. The Bertz CT molecular complexity index is 1730. The maximum Gasteiger partial charge on any atom is 0.322 e. The molecule has 6 rings (SSSR count). The quantitative estimate of drug-likeness (QED) is 0.207. The number of benzene rings is 4. The molecule has 0 spiro atoms. The van der Waals surface area contributed by atoms with Crippen molar-refractivity contribution in [1.29, 1.82) is 0 Å². The molecule has 0 N–H and O–H groups in total. The first-order valence-corrected chi connectivity index (χ1v) is 13.0. The number of rotatable bonds is 7. The first kappa shape index (κ1) is 25.2. The molecule has 0 bridgehead atoms. The van der Waals surface area contributed by atoms with E-state index in [0.29, 0.717) is 5.69 Å². The van der Waals surface area contributed by atoms with Gasteiger partial charge in [-0.3, -0.25) is 0 Å². The molecule has 0 aliphatic rings. The monoisotopic (exact) mass is 542 g/mol. The van der Waals surface area contributed by atoms with Crippen LogP contribution in [0.1, 0.15) is 22.3 Å². The Morgan fingerprint density at radius 1 is 0.625 bits per heavy atom. The number of nitrogens with zero attached hydrogens (tertiary/aromatic N) is 6. The zero-order chi connectivity index (χ0) is 27.3. The van der Waals surface area contributed by atoms with Crippen LogP contribution in [0.15, 0.2) is 121 Å². The Morgan fingerprint density at radius 3 is 1.62 bits per heavy atom. The normalized spacial score (nSPS) is 10.8. The van der Waals surface area contributed by atoms with E-state index in [2.05, 4.69) is 110 Å². The minimum atomic E-state index is 0.0103. The third kappa shape index (κ3) is 5.23. The highest BCUT2D eigenvalue weighted by atomic mass is 35.5. The number of ether oxygens (including phenoxy) is 1. The van der Waals surface area contributed by atoms with Crippen LogP contribution >= 0.6 is 11.6 Å². The lowest BCUT2D eigenvalue weighted by atomic mass is 9.85. The van der Waals surface area contributed by atoms with Gasteiger partial charge in [-0.1, -0.05) is 120 Å². The minimum Gasteiger partial charge on any atom is -0.467 e. The van der Waals surface area contributed by atoms with Crippen molar-refractivity contribution < 1.29 is 4.74 Å². The summed E-state index contributed by atoms with van der Waals surface area (Å²) in [5.74, 6) is 0.219. The molecule has 0 saturated carbocycles. The molecule has 0 aliphatic heterocycles. The van der Waals surface area contributed by atoms with E-state index in [4.69, 9.17) is 16.3 Å². The Morgan fingerprint density at radius 2 is 1.12 bits per heavy atom. The highest BCUT2D eigenvalue weighted by Crippen LogP contribution is 2.37. The van der Waals surface area contributed by atoms with Crippen molar-refractivity contribution in [2.75, 3.05) is 7.11 Å². The lowest BCUT2D eigenvalue weighted by Crippen LogP contribution is -2.05. The molecule has 4 aromatic carbocycles. The minimum absolute atomic E-state index is 0.0103. The third-order valence-electron chi connectivity index (χ3n) is 6.36. The lowest BCUT2D eigenvalue weighted by Gasteiger charge is -2.18. The molecule has 0 atom stereocenters. The highest BCUT2D eigenvalue weighted by molar-refractivity contribution is 6.28. The van der Waals surface area contributed by atoms with Crippen LogP contribution < -0.4 is 4.74 Å². The van der Waals surface area contributed by atoms with Gasteiger partial charge in [-0.2, -0.15) is 19.6 Å². The van der Waals surface area contributed by atoms with Gasteiger partial charge in [-0.05, 0) is 45.0 Å². The van der Waals surface area contributed by atoms with Crippen molar-refractivity contribution in [2.45, 2.75) is 0 Å². The molecule has 8 heteroatoms. The summed E-state index contributed by atoms with van der Waals surface area (Å²) in [7, 11) is 1.46. The average molecular weight is 543 g/mol. The van der Waals surface area contributed by atoms with Crippen molar-refractivity contribution in [1.82, 2.24) is 29.9 Å². The van der Waals surface area contributed by atoms with Crippen LogP contribution in [0.5, 0.6) is 6.01 Å². The Balaban J connectivity index is 1.45. The Labute approximate surface area is 236 Å². The third-order valence-corrected chi connectivity index (χ3v) is 6.53. The summed E-state index contributed by atoms with van der Waals surface area (Å²) >= 11 is 6.01. The molecule has 7 nitrogen and oxygen atoms in total. The van der Waals surface area contributed by atoms with E-state index in [1.54, 1.807) is 6.20 Å². The lowest BCUT2D eigenvalue weighted by molar-refractivity contribution is 0.376. The van der Waals surface area contributed by atoms with Crippen LogP contribution in [0.25, 0.3) is 28.4 Å². The van der Waals surface area contributed by atoms with Crippen molar-refractivity contribution in [3.05, 3.63) is 149 Å². The molecule has 40 heavy (non-hydrogen) atoms. The smallest absolute Gasteiger partial charge is 0.322 e. The van der Waals surface area contributed by atoms with E-state index < -0.39 is 0 Å². The summed E-state index contributed by atoms with van der Waals surface area (Å²) in [6.45, 7) is 0. The summed E-state index contributed by atoms with van der Waals surface area (Å²) in [5, 5.41) is 8.52. The fraction of sp³-hybridized carbons (Fsp3) is 0.0312. The van der Waals surface area contributed by atoms with Crippen LogP contribution in [0, 0.1) is 0 Å². The zero-order valence-electron chi connectivity index (χ0n) is 21.5. The number of halogens is 1. The van der Waals surface area contributed by atoms with Gasteiger partial charge in [0.25, 0.3) is 5.95 Å². The van der Waals surface area contributed by atoms with Gasteiger partial charge in [-0.25, -0.2) is 0 Å². The van der Waals surface area contributed by atoms with Gasteiger partial charge in [0.05, 0.1) is 13.3 Å². The molecular formula is C32H23ClN6O. The predicted molar refractivity (Wildman–Crippen MR) is 156 cm³/mol. The van der Waals surface area contributed by atoms with Gasteiger partial charge in [0, 0.05) is 5.56 Å². The summed E-state index contributed by atoms with van der Waals surface area (Å²) in [4.78, 5) is 12.2. The van der Waals surface area contributed by atoms with Gasteiger partial charge in [0.15, 0.2) is 0 Å². The number of aromatic nitrogens is 6. The highest BCUT2D eigenvalue weighted by Gasteiger charge is 2.17. The molecule has 0 radical (unpaired) electrons. The van der Waals surface area contributed by atoms with Crippen molar-refractivity contribution in [2.24, 2.45) is 0 Å². The van der Waals surface area contributed by atoms with Gasteiger partial charge < -0.3 is 4.74 Å². The topological polar surface area (TPSA) is 78.6 Å². The van der Waals surface area contributed by atoms with Crippen molar-refractivity contribution in [3.8, 4) is 23.2 Å². The first-order chi connectivity index (χ1) is 19.7. The average Bonchev–Trinajstić information content (AvgIpc) is 3.52. The Hall–Kier alpha value is -5.14. The standard InChI is InChI=1S/C32H23ClN6O/c1-40-32-35-30(33)34-31(36-32)39-21-27(37-38-39)22-17-19-26(20-18-22)29(25-15-9-4-10-16-25)28(23-11-5-2-6-12-23)24-13-7-3-8-14-24/h2-21H,1H3. The second kappa shape index (κ2) is 11.3. The maximum atomic E-state index is 6.01. The number of hydrogen-bond acceptors (Lipinski definition) is 6. The van der Waals surface area contributed by atoms with E-state index in [0.717, 1.165) is 39.0 Å². The molecule has 0 amide bonds. The van der Waals surface area contributed by atoms with Gasteiger partial charge in [0.1, 0.15) is 5.69 Å². The van der Waals surface area contributed by atoms with E-state index in [1.165, 1.54) is 11.8 Å². The van der Waals surface area contributed by atoms with Crippen LogP contribution in [-0.4, -0.2) is 37.1 Å². The molecular weight excluding hydrogens is 520 g/mol. The molecule has 0 unspecified atom stereocenters. The summed E-state index contributed by atoms with van der Waals surface area (Å²) in [6.07, 6.45) is 1.74. The van der Waals surface area contributed by atoms with Gasteiger partial charge in [-0.15, -0.1) is 5.10 Å². The van der Waals surface area contributed by atoms with E-state index >= 15 is 0 Å². The molecule has 194 valence electrons. The largest absolute Gasteiger partial charge is 0.467 e. The molecule has 0 aliphatic carbocycles. The molecule has 2 heterocycles. The van der Waals surface area contributed by atoms with Gasteiger partial charge in [0.2, 0.25) is 5.28 Å². The second-order valence-electron chi connectivity index (χ2n) is 8.86. The molecule has 2 aromatic heterocycles. The van der Waals surface area contributed by atoms with Crippen LogP contribution in [0.2, 0.25) is 5.28 Å². The van der Waals surface area contributed by atoms with Crippen molar-refractivity contribution in [3.63, 3.8) is 0 Å². The van der Waals surface area contributed by atoms with Gasteiger partial charge >= 0.3 is 6.01 Å². The SMILES string of the molecule is COc1nc(Cl)nc(-n2cc(-c3ccc(C(=C(c4ccccc4)c4ccccc4)c4ccccc4)cc3)nn2)n1. The van der Waals surface area contributed by atoms with E-state index in [1.807, 2.05) is 30.3 Å². The number of hydrogen-bond donors (Lipinski definition) is 0. The molecule has 0 saturated heterocycles. The number of methoxy groups -OCH3 is 1. The summed E-state index contributed by atoms with van der Waals surface area (Å²) in [6, 6.07) is 39.9. The fourth-order valence-electron chi connectivity index (χ4n) is 4.54. The maximum absolute atomic E-state index is 6.01. The fourth-order valence-corrected chi connectivity index (χ4v) is 4.69. The first-order valence-electron chi connectivity index (χ1n) is 12.6.